The number of methoxy groups -OCH3 is 1. The van der Waals surface area contributed by atoms with Gasteiger partial charge in [-0.15, -0.1) is 11.3 Å². The minimum Gasteiger partial charge on any atom is -0.493 e. The number of hydrogen-bond donors (Lipinski definition) is 1. The summed E-state index contributed by atoms with van der Waals surface area (Å²) in [5.41, 5.74) is 2.67. The third-order valence-electron chi connectivity index (χ3n) is 5.81. The molecule has 0 bridgehead atoms. The lowest BCUT2D eigenvalue weighted by molar-refractivity contribution is 0.222. The molecule has 160 valence electrons. The predicted molar refractivity (Wildman–Crippen MR) is 120 cm³/mol. The summed E-state index contributed by atoms with van der Waals surface area (Å²) in [4.78, 5) is 12.6. The highest BCUT2D eigenvalue weighted by Gasteiger charge is 2.18. The van der Waals surface area contributed by atoms with Crippen LogP contribution in [0.2, 0.25) is 0 Å². The number of H-pyrrole nitrogens is 1. The van der Waals surface area contributed by atoms with Crippen molar-refractivity contribution in [3.05, 3.63) is 59.2 Å². The molecule has 0 radical (unpaired) electrons. The van der Waals surface area contributed by atoms with Crippen molar-refractivity contribution in [1.29, 1.82) is 0 Å². The first-order chi connectivity index (χ1) is 15.1. The van der Waals surface area contributed by atoms with Crippen LogP contribution in [-0.2, 0) is 6.54 Å². The van der Waals surface area contributed by atoms with E-state index < -0.39 is 11.6 Å². The molecule has 0 unspecified atom stereocenters. The van der Waals surface area contributed by atoms with E-state index in [0.29, 0.717) is 16.8 Å². The zero-order valence-electron chi connectivity index (χ0n) is 17.3. The van der Waals surface area contributed by atoms with E-state index in [1.165, 1.54) is 50.4 Å². The minimum absolute atomic E-state index is 0.0210. The third kappa shape index (κ3) is 3.95. The topological polar surface area (TPSA) is 41.1 Å². The Kier molecular flexibility index (Phi) is 5.46. The molecule has 7 heteroatoms. The quantitative estimate of drug-likeness (QED) is 0.401. The van der Waals surface area contributed by atoms with E-state index in [9.17, 15) is 8.78 Å². The van der Waals surface area contributed by atoms with Gasteiger partial charge in [0.05, 0.1) is 7.11 Å². The number of nitrogens with zero attached hydrogens (tertiary/aromatic N) is 2. The molecule has 1 aromatic carbocycles. The number of pyridine rings is 1. The Morgan fingerprint density at radius 1 is 1.10 bits per heavy atom. The first kappa shape index (κ1) is 20.2. The number of benzene rings is 1. The van der Waals surface area contributed by atoms with Gasteiger partial charge in [-0.1, -0.05) is 6.42 Å². The number of nitrogens with one attached hydrogen (secondary N) is 1. The van der Waals surface area contributed by atoms with Gasteiger partial charge in [0.15, 0.2) is 11.6 Å². The van der Waals surface area contributed by atoms with Gasteiger partial charge in [-0.3, -0.25) is 4.90 Å². The van der Waals surface area contributed by atoms with Crippen LogP contribution in [-0.4, -0.2) is 35.1 Å². The van der Waals surface area contributed by atoms with Crippen LogP contribution in [0.5, 0.6) is 5.75 Å². The number of thiophene rings is 1. The smallest absolute Gasteiger partial charge is 0.168 e. The van der Waals surface area contributed by atoms with Gasteiger partial charge in [0.1, 0.15) is 11.5 Å². The maximum Gasteiger partial charge on any atom is 0.168 e. The predicted octanol–water partition coefficient (Wildman–Crippen LogP) is 6.23. The number of fused-ring (bicyclic) bond motifs is 1. The second-order valence-corrected chi connectivity index (χ2v) is 9.06. The molecule has 0 saturated carbocycles. The molecule has 0 aliphatic carbocycles. The van der Waals surface area contributed by atoms with Crippen molar-refractivity contribution in [3.8, 4) is 27.3 Å². The van der Waals surface area contributed by atoms with Crippen molar-refractivity contribution in [3.63, 3.8) is 0 Å². The van der Waals surface area contributed by atoms with Crippen molar-refractivity contribution in [2.45, 2.75) is 25.8 Å². The SMILES string of the molecule is COc1c(F)cc(F)cc1-c1c[nH]c2ncc(-c3ccc(CN4CCCCC4)s3)cc12. The summed E-state index contributed by atoms with van der Waals surface area (Å²) >= 11 is 1.77. The first-order valence-corrected chi connectivity index (χ1v) is 11.3. The molecule has 0 amide bonds. The average Bonchev–Trinajstić information content (AvgIpc) is 3.40. The number of ether oxygens (including phenoxy) is 1. The molecule has 1 saturated heterocycles. The minimum atomic E-state index is -0.725. The Labute approximate surface area is 183 Å². The van der Waals surface area contributed by atoms with Crippen molar-refractivity contribution in [2.24, 2.45) is 0 Å². The van der Waals surface area contributed by atoms with Crippen LogP contribution in [0.4, 0.5) is 8.78 Å². The molecule has 1 aliphatic heterocycles. The van der Waals surface area contributed by atoms with Crippen LogP contribution >= 0.6 is 11.3 Å². The number of hydrogen-bond acceptors (Lipinski definition) is 4. The van der Waals surface area contributed by atoms with E-state index in [1.54, 1.807) is 17.5 Å². The van der Waals surface area contributed by atoms with Gasteiger partial charge in [0.2, 0.25) is 0 Å². The van der Waals surface area contributed by atoms with Crippen molar-refractivity contribution < 1.29 is 13.5 Å². The summed E-state index contributed by atoms with van der Waals surface area (Å²) in [6.45, 7) is 3.31. The fourth-order valence-electron chi connectivity index (χ4n) is 4.28. The molecular formula is C24H23F2N3OS. The van der Waals surface area contributed by atoms with Crippen LogP contribution in [0.3, 0.4) is 0 Å². The van der Waals surface area contributed by atoms with Gasteiger partial charge in [0.25, 0.3) is 0 Å². The fraction of sp³-hybridized carbons (Fsp3) is 0.292. The van der Waals surface area contributed by atoms with E-state index >= 15 is 0 Å². The molecular weight excluding hydrogens is 416 g/mol. The van der Waals surface area contributed by atoms with Gasteiger partial charge in [-0.2, -0.15) is 0 Å². The van der Waals surface area contributed by atoms with E-state index in [0.717, 1.165) is 28.4 Å². The standard InChI is InChI=1S/C24H23F2N3OS/c1-30-23-18(10-16(25)11-21(23)26)20-13-28-24-19(20)9-15(12-27-24)22-6-5-17(31-22)14-29-7-3-2-4-8-29/h5-6,9-13H,2-4,7-8,14H2,1H3,(H,27,28). The number of rotatable bonds is 5. The molecule has 4 heterocycles. The lowest BCUT2D eigenvalue weighted by atomic mass is 10.0. The molecule has 1 N–H and O–H groups in total. The Balaban J connectivity index is 1.50. The second-order valence-electron chi connectivity index (χ2n) is 7.89. The van der Waals surface area contributed by atoms with Crippen LogP contribution in [0.25, 0.3) is 32.6 Å². The van der Waals surface area contributed by atoms with Crippen molar-refractivity contribution >= 4 is 22.4 Å². The zero-order chi connectivity index (χ0) is 21.4. The van der Waals surface area contributed by atoms with E-state index in [-0.39, 0.29) is 5.75 Å². The summed E-state index contributed by atoms with van der Waals surface area (Å²) < 4.78 is 33.4. The maximum atomic E-state index is 14.2. The maximum absolute atomic E-state index is 14.2. The summed E-state index contributed by atoms with van der Waals surface area (Å²) in [5.74, 6) is -1.35. The third-order valence-corrected chi connectivity index (χ3v) is 6.93. The lowest BCUT2D eigenvalue weighted by Crippen LogP contribution is -2.28. The Hall–Kier alpha value is -2.77. The summed E-state index contributed by atoms with van der Waals surface area (Å²) in [6, 6.07) is 8.45. The van der Waals surface area contributed by atoms with Crippen molar-refractivity contribution in [1.82, 2.24) is 14.9 Å². The number of piperidine rings is 1. The molecule has 4 aromatic rings. The molecule has 1 aliphatic rings. The van der Waals surface area contributed by atoms with Gasteiger partial charge in [-0.05, 0) is 50.2 Å². The molecule has 1 fully saturated rings. The van der Waals surface area contributed by atoms with Gasteiger partial charge >= 0.3 is 0 Å². The van der Waals surface area contributed by atoms with Gasteiger partial charge in [-0.25, -0.2) is 13.8 Å². The number of halogens is 2. The first-order valence-electron chi connectivity index (χ1n) is 10.4. The van der Waals surface area contributed by atoms with Crippen LogP contribution in [0, 0.1) is 11.6 Å². The van der Waals surface area contributed by atoms with Crippen molar-refractivity contribution in [2.75, 3.05) is 20.2 Å². The van der Waals surface area contributed by atoms with Crippen LogP contribution < -0.4 is 4.74 Å². The molecule has 3 aromatic heterocycles. The van der Waals surface area contributed by atoms with Gasteiger partial charge in [0, 0.05) is 56.8 Å². The number of aromatic nitrogens is 2. The molecule has 4 nitrogen and oxygen atoms in total. The fourth-order valence-corrected chi connectivity index (χ4v) is 5.32. The van der Waals surface area contributed by atoms with E-state index in [4.69, 9.17) is 4.74 Å². The highest BCUT2D eigenvalue weighted by atomic mass is 32.1. The average molecular weight is 440 g/mol. The largest absolute Gasteiger partial charge is 0.493 e. The van der Waals surface area contributed by atoms with E-state index in [2.05, 4.69) is 27.0 Å². The van der Waals surface area contributed by atoms with Crippen LogP contribution in [0.1, 0.15) is 24.1 Å². The highest BCUT2D eigenvalue weighted by Crippen LogP contribution is 2.39. The zero-order valence-corrected chi connectivity index (χ0v) is 18.1. The summed E-state index contributed by atoms with van der Waals surface area (Å²) in [5, 5.41) is 0.798. The number of likely N-dealkylation sites (tertiary alicyclic amines) is 1. The summed E-state index contributed by atoms with van der Waals surface area (Å²) in [6.07, 6.45) is 7.44. The second kappa shape index (κ2) is 8.40. The number of aromatic amines is 1. The van der Waals surface area contributed by atoms with Gasteiger partial charge < -0.3 is 9.72 Å². The molecule has 0 atom stereocenters. The lowest BCUT2D eigenvalue weighted by Gasteiger charge is -2.25. The Morgan fingerprint density at radius 2 is 1.94 bits per heavy atom. The summed E-state index contributed by atoms with van der Waals surface area (Å²) in [7, 11) is 1.38. The molecule has 31 heavy (non-hydrogen) atoms. The Bertz CT molecular complexity index is 1230. The molecule has 0 spiro atoms. The van der Waals surface area contributed by atoms with Crippen LogP contribution in [0.15, 0.2) is 42.7 Å². The highest BCUT2D eigenvalue weighted by molar-refractivity contribution is 7.15. The normalized spacial score (nSPS) is 14.9. The monoisotopic (exact) mass is 439 g/mol. The Morgan fingerprint density at radius 3 is 2.74 bits per heavy atom. The molecule has 5 rings (SSSR count). The van der Waals surface area contributed by atoms with E-state index in [1.807, 2.05) is 12.3 Å².